The molecule has 1 N–H and O–H groups in total. The normalized spacial score (nSPS) is 18.7. The van der Waals surface area contributed by atoms with E-state index in [9.17, 15) is 0 Å². The predicted molar refractivity (Wildman–Crippen MR) is 93.7 cm³/mol. The van der Waals surface area contributed by atoms with Crippen LogP contribution in [0.15, 0.2) is 12.3 Å². The molecule has 0 aromatic carbocycles. The van der Waals surface area contributed by atoms with Gasteiger partial charge in [-0.05, 0) is 25.8 Å². The molecule has 4 heterocycles. The van der Waals surface area contributed by atoms with Gasteiger partial charge in [0.15, 0.2) is 0 Å². The Labute approximate surface area is 143 Å². The Morgan fingerprint density at radius 2 is 2.04 bits per heavy atom. The first kappa shape index (κ1) is 15.8. The van der Waals surface area contributed by atoms with Gasteiger partial charge in [0, 0.05) is 32.4 Å². The topological polar surface area (TPSA) is 50.9 Å². The average Bonchev–Trinajstić information content (AvgIpc) is 3.18. The molecule has 0 spiro atoms. The molecule has 0 unspecified atom stereocenters. The maximum absolute atomic E-state index is 4.89. The number of hydrogen-bond donors (Lipinski definition) is 1. The van der Waals surface area contributed by atoms with Crippen molar-refractivity contribution in [3.63, 3.8) is 0 Å². The first-order valence-corrected chi connectivity index (χ1v) is 9.04. The number of aromatic nitrogens is 4. The van der Waals surface area contributed by atoms with Gasteiger partial charge in [-0.2, -0.15) is 5.10 Å². The van der Waals surface area contributed by atoms with E-state index in [1.54, 1.807) is 0 Å². The molecule has 6 heteroatoms. The minimum Gasteiger partial charge on any atom is -0.332 e. The van der Waals surface area contributed by atoms with Crippen LogP contribution in [0.25, 0.3) is 0 Å². The third kappa shape index (κ3) is 2.58. The number of fused-ring (bicyclic) bond motifs is 2. The fourth-order valence-corrected chi connectivity index (χ4v) is 3.68. The molecule has 0 radical (unpaired) electrons. The number of imidazole rings is 1. The lowest BCUT2D eigenvalue weighted by Crippen LogP contribution is -2.46. The third-order valence-corrected chi connectivity index (χ3v) is 5.50. The first-order valence-electron chi connectivity index (χ1n) is 9.04. The molecule has 2 aliphatic heterocycles. The van der Waals surface area contributed by atoms with Gasteiger partial charge in [0.25, 0.3) is 0 Å². The predicted octanol–water partition coefficient (Wildman–Crippen LogP) is 2.06. The van der Waals surface area contributed by atoms with Crippen LogP contribution in [0.3, 0.4) is 0 Å². The van der Waals surface area contributed by atoms with Crippen molar-refractivity contribution in [1.29, 1.82) is 0 Å². The maximum Gasteiger partial charge on any atom is 0.123 e. The van der Waals surface area contributed by atoms with Crippen LogP contribution in [0.5, 0.6) is 0 Å². The molecule has 0 saturated heterocycles. The van der Waals surface area contributed by atoms with Crippen molar-refractivity contribution in [1.82, 2.24) is 29.5 Å². The van der Waals surface area contributed by atoms with Crippen molar-refractivity contribution >= 4 is 0 Å². The van der Waals surface area contributed by atoms with Crippen LogP contribution in [-0.4, -0.2) is 37.3 Å². The van der Waals surface area contributed by atoms with E-state index in [0.29, 0.717) is 5.92 Å². The Bertz CT molecular complexity index is 715. The molecular formula is C18H28N6. The van der Waals surface area contributed by atoms with Gasteiger partial charge < -0.3 is 9.88 Å². The van der Waals surface area contributed by atoms with Gasteiger partial charge >= 0.3 is 0 Å². The van der Waals surface area contributed by atoms with E-state index in [1.807, 2.05) is 0 Å². The van der Waals surface area contributed by atoms with Crippen LogP contribution in [0.2, 0.25) is 0 Å². The highest BCUT2D eigenvalue weighted by atomic mass is 15.3. The largest absolute Gasteiger partial charge is 0.332 e. The Balaban J connectivity index is 1.59. The number of nitrogens with zero attached hydrogens (tertiary/aromatic N) is 5. The summed E-state index contributed by atoms with van der Waals surface area (Å²) in [5.74, 6) is 1.67. The molecule has 4 rings (SSSR count). The fourth-order valence-electron chi connectivity index (χ4n) is 3.68. The number of nitrogens with one attached hydrogen (secondary N) is 1. The summed E-state index contributed by atoms with van der Waals surface area (Å²) in [7, 11) is 0. The van der Waals surface area contributed by atoms with Gasteiger partial charge in [-0.15, -0.1) is 0 Å². The molecule has 130 valence electrons. The van der Waals surface area contributed by atoms with E-state index in [1.165, 1.54) is 22.9 Å². The molecular weight excluding hydrogens is 300 g/mol. The molecule has 0 bridgehead atoms. The molecule has 2 aromatic heterocycles. The lowest BCUT2D eigenvalue weighted by Gasteiger charge is -2.39. The monoisotopic (exact) mass is 328 g/mol. The number of rotatable bonds is 3. The van der Waals surface area contributed by atoms with Crippen molar-refractivity contribution in [3.8, 4) is 0 Å². The average molecular weight is 328 g/mol. The second-order valence-electron chi connectivity index (χ2n) is 7.83. The SMILES string of the molecule is CC(C)c1cn2c(n1)CN(C(C)(C)c1cc3n(n1)CCNC3)CC2. The quantitative estimate of drug-likeness (QED) is 0.937. The summed E-state index contributed by atoms with van der Waals surface area (Å²) in [4.78, 5) is 7.37. The molecule has 2 aromatic rings. The van der Waals surface area contributed by atoms with Gasteiger partial charge in [0.2, 0.25) is 0 Å². The summed E-state index contributed by atoms with van der Waals surface area (Å²) in [6.45, 7) is 14.8. The number of hydrogen-bond acceptors (Lipinski definition) is 4. The van der Waals surface area contributed by atoms with Crippen molar-refractivity contribution < 1.29 is 0 Å². The van der Waals surface area contributed by atoms with Crippen molar-refractivity contribution in [2.45, 2.75) is 65.3 Å². The first-order chi connectivity index (χ1) is 11.4. The van der Waals surface area contributed by atoms with Crippen molar-refractivity contribution in [2.24, 2.45) is 0 Å². The second-order valence-corrected chi connectivity index (χ2v) is 7.83. The second kappa shape index (κ2) is 5.70. The van der Waals surface area contributed by atoms with E-state index < -0.39 is 0 Å². The molecule has 0 fully saturated rings. The van der Waals surface area contributed by atoms with E-state index >= 15 is 0 Å². The van der Waals surface area contributed by atoms with Crippen LogP contribution >= 0.6 is 0 Å². The molecule has 0 saturated carbocycles. The van der Waals surface area contributed by atoms with Crippen molar-refractivity contribution in [3.05, 3.63) is 35.2 Å². The van der Waals surface area contributed by atoms with E-state index in [4.69, 9.17) is 10.1 Å². The highest BCUT2D eigenvalue weighted by Crippen LogP contribution is 2.31. The van der Waals surface area contributed by atoms with Gasteiger partial charge in [-0.3, -0.25) is 9.58 Å². The summed E-state index contributed by atoms with van der Waals surface area (Å²) in [6.07, 6.45) is 2.23. The Morgan fingerprint density at radius 1 is 1.21 bits per heavy atom. The lowest BCUT2D eigenvalue weighted by molar-refractivity contribution is 0.0800. The van der Waals surface area contributed by atoms with E-state index in [0.717, 1.165) is 39.3 Å². The molecule has 0 atom stereocenters. The summed E-state index contributed by atoms with van der Waals surface area (Å²) < 4.78 is 4.49. The smallest absolute Gasteiger partial charge is 0.123 e. The highest BCUT2D eigenvalue weighted by molar-refractivity contribution is 5.20. The summed E-state index contributed by atoms with van der Waals surface area (Å²) in [5, 5.41) is 8.32. The summed E-state index contributed by atoms with van der Waals surface area (Å²) in [5.41, 5.74) is 3.59. The zero-order valence-electron chi connectivity index (χ0n) is 15.2. The fraction of sp³-hybridized carbons (Fsp3) is 0.667. The molecule has 6 nitrogen and oxygen atoms in total. The molecule has 2 aliphatic rings. The van der Waals surface area contributed by atoms with E-state index in [-0.39, 0.29) is 5.54 Å². The minimum absolute atomic E-state index is 0.0838. The lowest BCUT2D eigenvalue weighted by atomic mass is 9.97. The summed E-state index contributed by atoms with van der Waals surface area (Å²) in [6, 6.07) is 2.27. The van der Waals surface area contributed by atoms with Gasteiger partial charge in [0.1, 0.15) is 5.82 Å². The zero-order valence-corrected chi connectivity index (χ0v) is 15.2. The van der Waals surface area contributed by atoms with Crippen LogP contribution in [0, 0.1) is 0 Å². The Kier molecular flexibility index (Phi) is 3.77. The summed E-state index contributed by atoms with van der Waals surface area (Å²) >= 11 is 0. The standard InChI is InChI=1S/C18H28N6/c1-13(2)15-11-22-7-8-23(12-17(22)20-15)18(3,4)16-9-14-10-19-5-6-24(14)21-16/h9,11,13,19H,5-8,10,12H2,1-4H3. The van der Waals surface area contributed by atoms with Gasteiger partial charge in [-0.1, -0.05) is 13.8 Å². The molecule has 0 amide bonds. The van der Waals surface area contributed by atoms with Crippen LogP contribution in [-0.2, 0) is 31.7 Å². The minimum atomic E-state index is -0.0838. The van der Waals surface area contributed by atoms with Crippen molar-refractivity contribution in [2.75, 3.05) is 13.1 Å². The van der Waals surface area contributed by atoms with Gasteiger partial charge in [-0.25, -0.2) is 4.98 Å². The molecule has 24 heavy (non-hydrogen) atoms. The van der Waals surface area contributed by atoms with E-state index in [2.05, 4.69) is 59.4 Å². The van der Waals surface area contributed by atoms with Crippen LogP contribution < -0.4 is 5.32 Å². The molecule has 0 aliphatic carbocycles. The maximum atomic E-state index is 4.89. The highest BCUT2D eigenvalue weighted by Gasteiger charge is 2.35. The van der Waals surface area contributed by atoms with Crippen LogP contribution in [0.4, 0.5) is 0 Å². The van der Waals surface area contributed by atoms with Crippen LogP contribution in [0.1, 0.15) is 56.5 Å². The zero-order chi connectivity index (χ0) is 16.9. The Hall–Kier alpha value is -1.66. The van der Waals surface area contributed by atoms with Gasteiger partial charge in [0.05, 0.1) is 35.7 Å². The Morgan fingerprint density at radius 3 is 2.79 bits per heavy atom. The third-order valence-electron chi connectivity index (χ3n) is 5.50.